The van der Waals surface area contributed by atoms with Crippen LogP contribution in [0.1, 0.15) is 52.6 Å². The Morgan fingerprint density at radius 1 is 0.467 bits per heavy atom. The van der Waals surface area contributed by atoms with Crippen LogP contribution in [-0.2, 0) is 35.0 Å². The van der Waals surface area contributed by atoms with Gasteiger partial charge in [0.2, 0.25) is 0 Å². The first-order chi connectivity index (χ1) is 29.2. The Balaban J connectivity index is 1.41. The molecule has 6 rings (SSSR count). The highest BCUT2D eigenvalue weighted by Gasteiger charge is 2.41. The molecule has 0 unspecified atom stereocenters. The highest BCUT2D eigenvalue weighted by atomic mass is 16.6. The van der Waals surface area contributed by atoms with Crippen molar-refractivity contribution in [2.75, 3.05) is 41.7 Å². The van der Waals surface area contributed by atoms with Crippen molar-refractivity contribution < 1.29 is 47.9 Å². The molecule has 0 radical (unpaired) electrons. The number of esters is 1. The van der Waals surface area contributed by atoms with Gasteiger partial charge in [0.25, 0.3) is 0 Å². The molecule has 0 fully saturated rings. The lowest BCUT2D eigenvalue weighted by molar-refractivity contribution is -0.158. The fraction of sp³-hybridized carbons (Fsp3) is 0.240. The number of carbonyl (C=O) groups excluding carboxylic acids is 1. The van der Waals surface area contributed by atoms with Gasteiger partial charge < -0.3 is 38.3 Å². The molecule has 60 heavy (non-hydrogen) atoms. The Kier molecular flexibility index (Phi) is 14.6. The normalized spacial score (nSPS) is 11.9. The van der Waals surface area contributed by atoms with E-state index >= 15 is 0 Å². The Bertz CT molecular complexity index is 2150. The molecule has 10 heteroatoms. The van der Waals surface area contributed by atoms with Crippen molar-refractivity contribution >= 4 is 11.9 Å². The van der Waals surface area contributed by atoms with Crippen molar-refractivity contribution in [1.29, 1.82) is 0 Å². The third kappa shape index (κ3) is 9.80. The van der Waals surface area contributed by atoms with E-state index in [-0.39, 0.29) is 32.5 Å². The van der Waals surface area contributed by atoms with Crippen molar-refractivity contribution in [2.45, 2.75) is 36.6 Å². The van der Waals surface area contributed by atoms with E-state index in [1.165, 1.54) is 0 Å². The molecule has 0 spiro atoms. The van der Waals surface area contributed by atoms with E-state index in [4.69, 9.17) is 33.2 Å². The minimum Gasteiger partial charge on any atom is -0.497 e. The number of hydrogen-bond acceptors (Lipinski definition) is 9. The van der Waals surface area contributed by atoms with Gasteiger partial charge in [-0.1, -0.05) is 109 Å². The Labute approximate surface area is 351 Å². The van der Waals surface area contributed by atoms with Gasteiger partial charge in [0.15, 0.2) is 0 Å². The molecule has 0 bridgehead atoms. The van der Waals surface area contributed by atoms with E-state index < -0.39 is 29.2 Å². The first-order valence-electron chi connectivity index (χ1n) is 19.6. The highest BCUT2D eigenvalue weighted by Crippen LogP contribution is 2.44. The summed E-state index contributed by atoms with van der Waals surface area (Å²) in [7, 11) is 6.46. The number of aliphatic carboxylic acids is 1. The predicted molar refractivity (Wildman–Crippen MR) is 228 cm³/mol. The van der Waals surface area contributed by atoms with Gasteiger partial charge in [0, 0.05) is 6.42 Å². The van der Waals surface area contributed by atoms with E-state index in [0.29, 0.717) is 23.0 Å². The molecule has 0 aliphatic heterocycles. The molecule has 0 aliphatic carbocycles. The maximum Gasteiger partial charge on any atom is 0.306 e. The number of ether oxygens (including phenoxy) is 7. The second-order valence-corrected chi connectivity index (χ2v) is 14.0. The van der Waals surface area contributed by atoms with Gasteiger partial charge in [-0.05, 0) is 81.9 Å². The fourth-order valence-electron chi connectivity index (χ4n) is 7.34. The fourth-order valence-corrected chi connectivity index (χ4v) is 7.34. The van der Waals surface area contributed by atoms with Gasteiger partial charge in [-0.25, -0.2) is 0 Å². The summed E-state index contributed by atoms with van der Waals surface area (Å²) in [5.41, 5.74) is 2.65. The molecule has 0 aliphatic rings. The SMILES string of the molecule is COc1ccc(C(OCC[C@@H](COC(c2ccccc2)(c2ccc(OC)cc2)c2ccc(OC)cc2)OC(=O)CCC(=O)O)(c2ccccc2)c2ccc(OC)cc2)cc1. The van der Waals surface area contributed by atoms with Gasteiger partial charge in [-0.3, -0.25) is 9.59 Å². The summed E-state index contributed by atoms with van der Waals surface area (Å²) in [6, 6.07) is 50.4. The number of methoxy groups -OCH3 is 4. The van der Waals surface area contributed by atoms with Gasteiger partial charge in [-0.15, -0.1) is 0 Å². The Morgan fingerprint density at radius 3 is 1.13 bits per heavy atom. The van der Waals surface area contributed by atoms with Crippen molar-refractivity contribution in [3.63, 3.8) is 0 Å². The average molecular weight is 811 g/mol. The number of benzene rings is 6. The summed E-state index contributed by atoms with van der Waals surface area (Å²) in [6.45, 7) is 0.00906. The minimum atomic E-state index is -1.20. The monoisotopic (exact) mass is 810 g/mol. The smallest absolute Gasteiger partial charge is 0.306 e. The van der Waals surface area contributed by atoms with Crippen LogP contribution in [0.4, 0.5) is 0 Å². The lowest BCUT2D eigenvalue weighted by atomic mass is 9.80. The molecule has 0 amide bonds. The quantitative estimate of drug-likeness (QED) is 0.0557. The third-order valence-corrected chi connectivity index (χ3v) is 10.4. The van der Waals surface area contributed by atoms with Crippen molar-refractivity contribution in [3.05, 3.63) is 191 Å². The maximum absolute atomic E-state index is 13.3. The summed E-state index contributed by atoms with van der Waals surface area (Å²) >= 11 is 0. The third-order valence-electron chi connectivity index (χ3n) is 10.4. The maximum atomic E-state index is 13.3. The van der Waals surface area contributed by atoms with E-state index in [2.05, 4.69) is 0 Å². The lowest BCUT2D eigenvalue weighted by Crippen LogP contribution is -2.38. The van der Waals surface area contributed by atoms with Crippen molar-refractivity contribution in [3.8, 4) is 23.0 Å². The number of carboxylic acid groups (broad SMARTS) is 1. The largest absolute Gasteiger partial charge is 0.497 e. The second kappa shape index (κ2) is 20.4. The van der Waals surface area contributed by atoms with E-state index in [1.54, 1.807) is 28.4 Å². The number of hydrogen-bond donors (Lipinski definition) is 1. The Hall–Kier alpha value is -6.62. The number of carboxylic acids is 1. The topological polar surface area (TPSA) is 119 Å². The summed E-state index contributed by atoms with van der Waals surface area (Å²) < 4.78 is 42.4. The van der Waals surface area contributed by atoms with Gasteiger partial charge in [0.05, 0.1) is 54.5 Å². The average Bonchev–Trinajstić information content (AvgIpc) is 3.31. The zero-order valence-electron chi connectivity index (χ0n) is 34.2. The second-order valence-electron chi connectivity index (χ2n) is 14.0. The van der Waals surface area contributed by atoms with Crippen molar-refractivity contribution in [2.24, 2.45) is 0 Å². The van der Waals surface area contributed by atoms with Crippen LogP contribution in [0, 0.1) is 0 Å². The van der Waals surface area contributed by atoms with E-state index in [9.17, 15) is 14.7 Å². The number of rotatable bonds is 21. The molecule has 6 aromatic carbocycles. The zero-order valence-corrected chi connectivity index (χ0v) is 34.2. The molecular formula is C50H50O10. The van der Waals surface area contributed by atoms with Crippen LogP contribution in [0.2, 0.25) is 0 Å². The molecule has 1 atom stereocenters. The van der Waals surface area contributed by atoms with Crippen LogP contribution in [0.25, 0.3) is 0 Å². The van der Waals surface area contributed by atoms with Crippen LogP contribution >= 0.6 is 0 Å². The first kappa shape index (κ1) is 43.0. The zero-order chi connectivity index (χ0) is 42.4. The predicted octanol–water partition coefficient (Wildman–Crippen LogP) is 9.20. The summed E-state index contributed by atoms with van der Waals surface area (Å²) in [5.74, 6) is 0.969. The molecule has 0 saturated carbocycles. The first-order valence-corrected chi connectivity index (χ1v) is 19.6. The van der Waals surface area contributed by atoms with Crippen LogP contribution in [0.5, 0.6) is 23.0 Å². The number of carbonyl (C=O) groups is 2. The Morgan fingerprint density at radius 2 is 0.800 bits per heavy atom. The molecular weight excluding hydrogens is 761 g/mol. The van der Waals surface area contributed by atoms with Crippen LogP contribution in [0.15, 0.2) is 158 Å². The standard InChI is InChI=1S/C50H50O10/c1-54-42-23-15-38(16-24-42)49(36-11-7-5-8-12-36,39-17-25-43(55-2)26-18-39)58-34-33-46(60-48(53)32-31-47(51)52)35-59-50(37-13-9-6-10-14-37,40-19-27-44(56-3)28-20-40)41-21-29-45(57-4)30-22-41/h5-30,46H,31-35H2,1-4H3,(H,51,52)/t46-/m0/s1. The van der Waals surface area contributed by atoms with E-state index in [1.807, 2.05) is 158 Å². The molecule has 10 nitrogen and oxygen atoms in total. The highest BCUT2D eigenvalue weighted by molar-refractivity contribution is 5.76. The van der Waals surface area contributed by atoms with Crippen molar-refractivity contribution in [1.82, 2.24) is 0 Å². The molecule has 0 saturated heterocycles. The van der Waals surface area contributed by atoms with Gasteiger partial charge in [0.1, 0.15) is 40.3 Å². The summed E-state index contributed by atoms with van der Waals surface area (Å²) in [6.07, 6.45) is -1.36. The molecule has 1 N–H and O–H groups in total. The molecule has 6 aromatic rings. The molecule has 310 valence electrons. The van der Waals surface area contributed by atoms with Gasteiger partial charge >= 0.3 is 11.9 Å². The minimum absolute atomic E-state index is 0.0848. The summed E-state index contributed by atoms with van der Waals surface area (Å²) in [4.78, 5) is 24.8. The van der Waals surface area contributed by atoms with Crippen LogP contribution < -0.4 is 18.9 Å². The molecule has 0 aromatic heterocycles. The van der Waals surface area contributed by atoms with Crippen LogP contribution in [0.3, 0.4) is 0 Å². The van der Waals surface area contributed by atoms with Gasteiger partial charge in [-0.2, -0.15) is 0 Å². The lowest BCUT2D eigenvalue weighted by Gasteiger charge is -2.38. The van der Waals surface area contributed by atoms with E-state index in [0.717, 1.165) is 33.4 Å². The molecule has 0 heterocycles. The summed E-state index contributed by atoms with van der Waals surface area (Å²) in [5, 5.41) is 9.39. The van der Waals surface area contributed by atoms with Crippen LogP contribution in [-0.4, -0.2) is 64.8 Å².